The summed E-state index contributed by atoms with van der Waals surface area (Å²) in [7, 11) is 0. The fraction of sp³-hybridized carbons (Fsp3) is 0.333. The standard InChI is InChI=1S/C9H10BrCl/c1-6-4-9(11)7(2)3-8(6)5-10/h3-4H,5H2,1-2H3. The van der Waals surface area contributed by atoms with Crippen LogP contribution in [0.4, 0.5) is 0 Å². The molecule has 0 amide bonds. The molecule has 0 aliphatic rings. The monoisotopic (exact) mass is 232 g/mol. The first-order valence-electron chi connectivity index (χ1n) is 3.46. The minimum absolute atomic E-state index is 0.854. The molecule has 60 valence electrons. The average Bonchev–Trinajstić information content (AvgIpc) is 1.97. The highest BCUT2D eigenvalue weighted by Gasteiger charge is 2.00. The van der Waals surface area contributed by atoms with Crippen molar-refractivity contribution in [2.45, 2.75) is 19.2 Å². The zero-order chi connectivity index (χ0) is 8.43. The van der Waals surface area contributed by atoms with E-state index in [9.17, 15) is 0 Å². The van der Waals surface area contributed by atoms with E-state index in [4.69, 9.17) is 11.6 Å². The van der Waals surface area contributed by atoms with Gasteiger partial charge in [0, 0.05) is 10.4 Å². The van der Waals surface area contributed by atoms with Gasteiger partial charge < -0.3 is 0 Å². The van der Waals surface area contributed by atoms with Crippen molar-refractivity contribution in [3.63, 3.8) is 0 Å². The number of halogens is 2. The maximum absolute atomic E-state index is 5.93. The zero-order valence-electron chi connectivity index (χ0n) is 6.62. The van der Waals surface area contributed by atoms with Gasteiger partial charge in [0.15, 0.2) is 0 Å². The van der Waals surface area contributed by atoms with Gasteiger partial charge in [0.1, 0.15) is 0 Å². The van der Waals surface area contributed by atoms with E-state index in [1.54, 1.807) is 0 Å². The quantitative estimate of drug-likeness (QED) is 0.646. The topological polar surface area (TPSA) is 0 Å². The van der Waals surface area contributed by atoms with E-state index in [0.717, 1.165) is 15.9 Å². The summed E-state index contributed by atoms with van der Waals surface area (Å²) < 4.78 is 0. The van der Waals surface area contributed by atoms with Gasteiger partial charge in [0.05, 0.1) is 0 Å². The Morgan fingerprint density at radius 1 is 1.27 bits per heavy atom. The van der Waals surface area contributed by atoms with Crippen LogP contribution in [-0.2, 0) is 5.33 Å². The highest BCUT2D eigenvalue weighted by molar-refractivity contribution is 9.08. The Balaban J connectivity index is 3.21. The third kappa shape index (κ3) is 1.97. The molecule has 0 atom stereocenters. The third-order valence-corrected chi connectivity index (χ3v) is 2.77. The lowest BCUT2D eigenvalue weighted by molar-refractivity contribution is 1.28. The molecule has 0 aromatic heterocycles. The summed E-state index contributed by atoms with van der Waals surface area (Å²) in [4.78, 5) is 0. The second-order valence-corrected chi connectivity index (χ2v) is 3.63. The Labute approximate surface area is 80.7 Å². The molecule has 0 aliphatic carbocycles. The molecular formula is C9H10BrCl. The molecule has 1 rings (SSSR count). The number of benzene rings is 1. The summed E-state index contributed by atoms with van der Waals surface area (Å²) in [5.74, 6) is 0. The maximum Gasteiger partial charge on any atom is 0.0438 e. The lowest BCUT2D eigenvalue weighted by Gasteiger charge is -2.04. The van der Waals surface area contributed by atoms with Crippen molar-refractivity contribution < 1.29 is 0 Å². The molecule has 1 aromatic rings. The minimum atomic E-state index is 0.854. The smallest absolute Gasteiger partial charge is 0.0438 e. The average molecular weight is 234 g/mol. The maximum atomic E-state index is 5.93. The van der Waals surface area contributed by atoms with Crippen molar-refractivity contribution in [2.75, 3.05) is 0 Å². The molecule has 0 heterocycles. The van der Waals surface area contributed by atoms with Crippen LogP contribution >= 0.6 is 27.5 Å². The molecule has 0 unspecified atom stereocenters. The Bertz CT molecular complexity index is 269. The van der Waals surface area contributed by atoms with Gasteiger partial charge in [-0.15, -0.1) is 0 Å². The second-order valence-electron chi connectivity index (χ2n) is 2.66. The Morgan fingerprint density at radius 2 is 1.91 bits per heavy atom. The number of alkyl halides is 1. The van der Waals surface area contributed by atoms with Crippen molar-refractivity contribution in [3.8, 4) is 0 Å². The van der Waals surface area contributed by atoms with E-state index in [2.05, 4.69) is 28.9 Å². The van der Waals surface area contributed by atoms with Crippen molar-refractivity contribution in [1.29, 1.82) is 0 Å². The molecular weight excluding hydrogens is 223 g/mol. The molecule has 0 fully saturated rings. The van der Waals surface area contributed by atoms with Gasteiger partial charge in [0.2, 0.25) is 0 Å². The molecule has 0 nitrogen and oxygen atoms in total. The summed E-state index contributed by atoms with van der Waals surface area (Å²) in [6.07, 6.45) is 0. The van der Waals surface area contributed by atoms with E-state index in [0.29, 0.717) is 0 Å². The van der Waals surface area contributed by atoms with Gasteiger partial charge in [-0.3, -0.25) is 0 Å². The normalized spacial score (nSPS) is 10.2. The van der Waals surface area contributed by atoms with Crippen molar-refractivity contribution >= 4 is 27.5 Å². The molecule has 1 aromatic carbocycles. The van der Waals surface area contributed by atoms with E-state index < -0.39 is 0 Å². The first-order chi connectivity index (χ1) is 5.15. The molecule has 0 spiro atoms. The van der Waals surface area contributed by atoms with Crippen LogP contribution in [0.2, 0.25) is 5.02 Å². The number of aryl methyl sites for hydroxylation is 2. The van der Waals surface area contributed by atoms with Crippen LogP contribution in [0.3, 0.4) is 0 Å². The third-order valence-electron chi connectivity index (χ3n) is 1.76. The lowest BCUT2D eigenvalue weighted by atomic mass is 10.1. The summed E-state index contributed by atoms with van der Waals surface area (Å²) in [5, 5.41) is 1.75. The molecule has 0 N–H and O–H groups in total. The van der Waals surface area contributed by atoms with Gasteiger partial charge in [0.25, 0.3) is 0 Å². The molecule has 2 heteroatoms. The van der Waals surface area contributed by atoms with Crippen LogP contribution < -0.4 is 0 Å². The lowest BCUT2D eigenvalue weighted by Crippen LogP contribution is -1.86. The van der Waals surface area contributed by atoms with Crippen LogP contribution in [-0.4, -0.2) is 0 Å². The molecule has 0 radical (unpaired) electrons. The Kier molecular flexibility index (Phi) is 2.97. The SMILES string of the molecule is Cc1cc(CBr)c(C)cc1Cl. The van der Waals surface area contributed by atoms with Gasteiger partial charge in [-0.05, 0) is 36.6 Å². The Morgan fingerprint density at radius 3 is 2.45 bits per heavy atom. The molecule has 0 saturated carbocycles. The summed E-state index contributed by atoms with van der Waals surface area (Å²) >= 11 is 9.35. The van der Waals surface area contributed by atoms with E-state index in [1.165, 1.54) is 11.1 Å². The first-order valence-corrected chi connectivity index (χ1v) is 4.96. The van der Waals surface area contributed by atoms with Crippen molar-refractivity contribution in [3.05, 3.63) is 33.8 Å². The zero-order valence-corrected chi connectivity index (χ0v) is 8.96. The number of hydrogen-bond donors (Lipinski definition) is 0. The molecule has 11 heavy (non-hydrogen) atoms. The van der Waals surface area contributed by atoms with Gasteiger partial charge >= 0.3 is 0 Å². The minimum Gasteiger partial charge on any atom is -0.0876 e. The fourth-order valence-electron chi connectivity index (χ4n) is 0.985. The molecule has 0 saturated heterocycles. The van der Waals surface area contributed by atoms with E-state index in [1.807, 2.05) is 13.0 Å². The van der Waals surface area contributed by atoms with Gasteiger partial charge in [-0.25, -0.2) is 0 Å². The van der Waals surface area contributed by atoms with Crippen LogP contribution in [0.5, 0.6) is 0 Å². The predicted molar refractivity (Wildman–Crippen MR) is 53.6 cm³/mol. The van der Waals surface area contributed by atoms with Crippen LogP contribution in [0.1, 0.15) is 16.7 Å². The van der Waals surface area contributed by atoms with E-state index in [-0.39, 0.29) is 0 Å². The summed E-state index contributed by atoms with van der Waals surface area (Å²) in [5.41, 5.74) is 3.70. The van der Waals surface area contributed by atoms with Gasteiger partial charge in [-0.1, -0.05) is 33.6 Å². The van der Waals surface area contributed by atoms with Crippen molar-refractivity contribution in [1.82, 2.24) is 0 Å². The first kappa shape index (κ1) is 9.08. The molecule has 0 aliphatic heterocycles. The van der Waals surface area contributed by atoms with Crippen LogP contribution in [0.15, 0.2) is 12.1 Å². The number of rotatable bonds is 1. The van der Waals surface area contributed by atoms with E-state index >= 15 is 0 Å². The van der Waals surface area contributed by atoms with Crippen LogP contribution in [0.25, 0.3) is 0 Å². The van der Waals surface area contributed by atoms with Gasteiger partial charge in [-0.2, -0.15) is 0 Å². The Hall–Kier alpha value is -0.0100. The number of hydrogen-bond acceptors (Lipinski definition) is 0. The molecule has 0 bridgehead atoms. The predicted octanol–water partition coefficient (Wildman–Crippen LogP) is 3.85. The summed E-state index contributed by atoms with van der Waals surface area (Å²) in [6.45, 7) is 4.09. The van der Waals surface area contributed by atoms with Crippen molar-refractivity contribution in [2.24, 2.45) is 0 Å². The highest BCUT2D eigenvalue weighted by atomic mass is 79.9. The fourth-order valence-corrected chi connectivity index (χ4v) is 1.81. The highest BCUT2D eigenvalue weighted by Crippen LogP contribution is 2.21. The second kappa shape index (κ2) is 3.59. The largest absolute Gasteiger partial charge is 0.0876 e. The van der Waals surface area contributed by atoms with Crippen LogP contribution in [0, 0.1) is 13.8 Å². The summed E-state index contributed by atoms with van der Waals surface area (Å²) in [6, 6.07) is 4.12.